The molecule has 0 aliphatic carbocycles. The zero-order valence-corrected chi connectivity index (χ0v) is 27.7. The Morgan fingerprint density at radius 1 is 0.783 bits per heavy atom. The van der Waals surface area contributed by atoms with Crippen LogP contribution in [0.5, 0.6) is 11.5 Å². The van der Waals surface area contributed by atoms with E-state index in [1.807, 2.05) is 75.4 Å². The second-order valence-electron chi connectivity index (χ2n) is 11.2. The van der Waals surface area contributed by atoms with Gasteiger partial charge >= 0.3 is 0 Å². The highest BCUT2D eigenvalue weighted by atomic mass is 32.2. The molecule has 4 aromatic carbocycles. The highest BCUT2D eigenvalue weighted by Crippen LogP contribution is 2.33. The monoisotopic (exact) mass is 643 g/mol. The lowest BCUT2D eigenvalue weighted by atomic mass is 10.0. The molecule has 1 atom stereocenters. The lowest BCUT2D eigenvalue weighted by molar-refractivity contribution is -0.140. The van der Waals surface area contributed by atoms with Gasteiger partial charge in [-0.2, -0.15) is 0 Å². The Balaban J connectivity index is 1.83. The predicted molar refractivity (Wildman–Crippen MR) is 179 cm³/mol. The molecule has 4 rings (SSSR count). The van der Waals surface area contributed by atoms with E-state index in [0.717, 1.165) is 21.0 Å². The van der Waals surface area contributed by atoms with E-state index in [-0.39, 0.29) is 41.2 Å². The fourth-order valence-corrected chi connectivity index (χ4v) is 6.47. The first kappa shape index (κ1) is 34.1. The van der Waals surface area contributed by atoms with Gasteiger partial charge in [0.05, 0.1) is 24.8 Å². The molecule has 1 N–H and O–H groups in total. The first-order valence-electron chi connectivity index (χ1n) is 15.0. The number of hydrogen-bond donors (Lipinski definition) is 1. The van der Waals surface area contributed by atoms with Crippen LogP contribution in [0.15, 0.2) is 108 Å². The fourth-order valence-electron chi connectivity index (χ4n) is 5.05. The Kier molecular flexibility index (Phi) is 11.4. The minimum atomic E-state index is -4.29. The molecule has 4 aromatic rings. The third kappa shape index (κ3) is 8.45. The maximum Gasteiger partial charge on any atom is 0.264 e. The summed E-state index contributed by atoms with van der Waals surface area (Å²) < 4.78 is 40.3. The van der Waals surface area contributed by atoms with Crippen molar-refractivity contribution in [3.05, 3.63) is 120 Å². The first-order chi connectivity index (χ1) is 22.0. The zero-order valence-electron chi connectivity index (χ0n) is 26.8. The number of carbonyl (C=O) groups excluding carboxylic acids is 2. The summed E-state index contributed by atoms with van der Waals surface area (Å²) in [6.07, 6.45) is 0.233. The van der Waals surface area contributed by atoms with Crippen molar-refractivity contribution in [3.8, 4) is 11.5 Å². The molecule has 0 fully saturated rings. The van der Waals surface area contributed by atoms with Crippen molar-refractivity contribution in [2.75, 3.05) is 25.1 Å². The molecule has 0 bridgehead atoms. The summed E-state index contributed by atoms with van der Waals surface area (Å²) in [6, 6.07) is 28.6. The number of nitrogens with one attached hydrogen (secondary N) is 1. The van der Waals surface area contributed by atoms with E-state index in [4.69, 9.17) is 9.47 Å². The lowest BCUT2D eigenvalue weighted by Crippen LogP contribution is -2.54. The van der Waals surface area contributed by atoms with Crippen LogP contribution in [0.3, 0.4) is 0 Å². The van der Waals surface area contributed by atoms with Gasteiger partial charge in [-0.1, -0.05) is 72.3 Å². The van der Waals surface area contributed by atoms with E-state index < -0.39 is 28.5 Å². The SMILES string of the molecule is COc1ccc(S(=O)(=O)N(CC(=O)N(Cc2ccc(C)cc2)[C@@H](Cc2ccccc2)C(=O)NC(C)C)c2ccccc2OC)cc1. The van der Waals surface area contributed by atoms with Crippen LogP contribution in [-0.4, -0.2) is 58.0 Å². The molecule has 242 valence electrons. The van der Waals surface area contributed by atoms with E-state index in [1.54, 1.807) is 36.4 Å². The van der Waals surface area contributed by atoms with Gasteiger partial charge in [-0.25, -0.2) is 8.42 Å². The molecule has 9 nitrogen and oxygen atoms in total. The van der Waals surface area contributed by atoms with Crippen molar-refractivity contribution in [1.82, 2.24) is 10.2 Å². The quantitative estimate of drug-likeness (QED) is 0.198. The normalized spacial score (nSPS) is 11.9. The van der Waals surface area contributed by atoms with Crippen LogP contribution in [0.25, 0.3) is 0 Å². The Morgan fingerprint density at radius 3 is 2.02 bits per heavy atom. The molecule has 10 heteroatoms. The molecule has 0 saturated carbocycles. The number of benzene rings is 4. The number of carbonyl (C=O) groups is 2. The molecular formula is C36H41N3O6S. The Morgan fingerprint density at radius 2 is 1.41 bits per heavy atom. The number of anilines is 1. The van der Waals surface area contributed by atoms with Crippen LogP contribution in [0, 0.1) is 6.92 Å². The van der Waals surface area contributed by atoms with Gasteiger partial charge in [0.1, 0.15) is 24.1 Å². The standard InChI is InChI=1S/C36H41N3O6S/c1-26(2)37-36(41)33(23-28-11-7-6-8-12-28)38(24-29-17-15-27(3)16-18-29)35(40)25-39(32-13-9-10-14-34(32)45-5)46(42,43)31-21-19-30(44-4)20-22-31/h6-22,26,33H,23-25H2,1-5H3,(H,37,41)/t33-/m0/s1. The van der Waals surface area contributed by atoms with Gasteiger partial charge in [0.15, 0.2) is 0 Å². The van der Waals surface area contributed by atoms with Crippen molar-refractivity contribution in [1.29, 1.82) is 0 Å². The molecule has 46 heavy (non-hydrogen) atoms. The second kappa shape index (κ2) is 15.4. The number of hydrogen-bond acceptors (Lipinski definition) is 6. The van der Waals surface area contributed by atoms with Crippen LogP contribution in [0.4, 0.5) is 5.69 Å². The van der Waals surface area contributed by atoms with Gasteiger partial charge in [-0.3, -0.25) is 13.9 Å². The van der Waals surface area contributed by atoms with Crippen LogP contribution < -0.4 is 19.1 Å². The van der Waals surface area contributed by atoms with Crippen molar-refractivity contribution in [2.24, 2.45) is 0 Å². The summed E-state index contributed by atoms with van der Waals surface area (Å²) in [4.78, 5) is 29.8. The molecule has 0 saturated heterocycles. The zero-order chi connectivity index (χ0) is 33.3. The van der Waals surface area contributed by atoms with Crippen molar-refractivity contribution >= 4 is 27.5 Å². The number of ether oxygens (including phenoxy) is 2. The Labute approximate surface area is 271 Å². The Bertz CT molecular complexity index is 1710. The highest BCUT2D eigenvalue weighted by molar-refractivity contribution is 7.92. The second-order valence-corrected chi connectivity index (χ2v) is 13.1. The molecule has 0 aromatic heterocycles. The van der Waals surface area contributed by atoms with E-state index in [9.17, 15) is 18.0 Å². The van der Waals surface area contributed by atoms with Gasteiger partial charge in [0.25, 0.3) is 10.0 Å². The van der Waals surface area contributed by atoms with Crippen molar-refractivity contribution in [2.45, 2.75) is 50.7 Å². The van der Waals surface area contributed by atoms with E-state index in [1.165, 1.54) is 31.3 Å². The molecule has 0 unspecified atom stereocenters. The third-order valence-corrected chi connectivity index (χ3v) is 9.23. The topological polar surface area (TPSA) is 105 Å². The smallest absolute Gasteiger partial charge is 0.264 e. The summed E-state index contributed by atoms with van der Waals surface area (Å²) in [6.45, 7) is 5.18. The maximum atomic E-state index is 14.6. The lowest BCUT2D eigenvalue weighted by Gasteiger charge is -2.34. The molecule has 2 amide bonds. The van der Waals surface area contributed by atoms with E-state index >= 15 is 0 Å². The Hall–Kier alpha value is -4.83. The maximum absolute atomic E-state index is 14.6. The van der Waals surface area contributed by atoms with Gasteiger partial charge in [-0.05, 0) is 68.3 Å². The van der Waals surface area contributed by atoms with Crippen molar-refractivity contribution < 1.29 is 27.5 Å². The minimum Gasteiger partial charge on any atom is -0.497 e. The molecular weight excluding hydrogens is 602 g/mol. The predicted octanol–water partition coefficient (Wildman–Crippen LogP) is 5.37. The average Bonchev–Trinajstić information content (AvgIpc) is 3.06. The first-order valence-corrected chi connectivity index (χ1v) is 16.5. The number of sulfonamides is 1. The number of para-hydroxylation sites is 2. The summed E-state index contributed by atoms with van der Waals surface area (Å²) in [7, 11) is -1.36. The number of rotatable bonds is 14. The van der Waals surface area contributed by atoms with Crippen LogP contribution in [-0.2, 0) is 32.6 Å². The largest absolute Gasteiger partial charge is 0.497 e. The van der Waals surface area contributed by atoms with Crippen LogP contribution in [0.1, 0.15) is 30.5 Å². The minimum absolute atomic E-state index is 0.0320. The van der Waals surface area contributed by atoms with Crippen molar-refractivity contribution in [3.63, 3.8) is 0 Å². The average molecular weight is 644 g/mol. The van der Waals surface area contributed by atoms with Gasteiger partial charge < -0.3 is 19.7 Å². The molecule has 0 aliphatic rings. The van der Waals surface area contributed by atoms with Crippen LogP contribution >= 0.6 is 0 Å². The molecule has 0 radical (unpaired) electrons. The number of methoxy groups -OCH3 is 2. The molecule has 0 aliphatic heterocycles. The summed E-state index contributed by atoms with van der Waals surface area (Å²) in [5.41, 5.74) is 2.90. The number of amides is 2. The summed E-state index contributed by atoms with van der Waals surface area (Å²) in [5, 5.41) is 2.97. The highest BCUT2D eigenvalue weighted by Gasteiger charge is 2.35. The summed E-state index contributed by atoms with van der Waals surface area (Å²) >= 11 is 0. The number of aryl methyl sites for hydroxylation is 1. The third-order valence-electron chi connectivity index (χ3n) is 7.46. The molecule has 0 spiro atoms. The van der Waals surface area contributed by atoms with Gasteiger partial charge in [0.2, 0.25) is 11.8 Å². The number of nitrogens with zero attached hydrogens (tertiary/aromatic N) is 2. The summed E-state index contributed by atoms with van der Waals surface area (Å²) in [5.74, 6) is -0.122. The van der Waals surface area contributed by atoms with E-state index in [0.29, 0.717) is 5.75 Å². The molecule has 0 heterocycles. The fraction of sp³-hybridized carbons (Fsp3) is 0.278. The van der Waals surface area contributed by atoms with Gasteiger partial charge in [-0.15, -0.1) is 0 Å². The van der Waals surface area contributed by atoms with Crippen LogP contribution in [0.2, 0.25) is 0 Å². The van der Waals surface area contributed by atoms with Gasteiger partial charge in [0, 0.05) is 19.0 Å². The van der Waals surface area contributed by atoms with E-state index in [2.05, 4.69) is 5.32 Å².